The number of carbonyl (C=O) groups is 2. The molecule has 0 spiro atoms. The number of hydrogen-bond donors (Lipinski definition) is 2. The average molecular weight is 474 g/mol. The summed E-state index contributed by atoms with van der Waals surface area (Å²) in [7, 11) is 0. The predicted octanol–water partition coefficient (Wildman–Crippen LogP) is 5.68. The lowest BCUT2D eigenvalue weighted by atomic mass is 10.1. The van der Waals surface area contributed by atoms with E-state index in [9.17, 15) is 22.8 Å². The highest BCUT2D eigenvalue weighted by molar-refractivity contribution is 7.13. The van der Waals surface area contributed by atoms with Crippen molar-refractivity contribution in [3.8, 4) is 10.6 Å². The molecule has 2 amide bonds. The monoisotopic (exact) mass is 473 g/mol. The zero-order valence-electron chi connectivity index (χ0n) is 17.6. The number of halogens is 3. The van der Waals surface area contributed by atoms with Crippen LogP contribution in [0.5, 0.6) is 0 Å². The van der Waals surface area contributed by atoms with E-state index >= 15 is 0 Å². The Bertz CT molecular complexity index is 1140. The number of alkyl halides is 3. The Morgan fingerprint density at radius 3 is 2.42 bits per heavy atom. The lowest BCUT2D eigenvalue weighted by Gasteiger charge is -2.15. The second-order valence-corrected chi connectivity index (χ2v) is 8.80. The number of hydrogen-bond acceptors (Lipinski definition) is 4. The summed E-state index contributed by atoms with van der Waals surface area (Å²) in [6.07, 6.45) is -0.280. The lowest BCUT2D eigenvalue weighted by Crippen LogP contribution is -2.33. The summed E-state index contributed by atoms with van der Waals surface area (Å²) in [5.74, 6) is -0.545. The zero-order chi connectivity index (χ0) is 23.4. The number of carbonyl (C=O) groups excluding carboxylic acids is 2. The van der Waals surface area contributed by atoms with Crippen LogP contribution in [0.3, 0.4) is 0 Å². The van der Waals surface area contributed by atoms with E-state index in [1.165, 1.54) is 23.5 Å². The minimum absolute atomic E-state index is 0.0181. The average Bonchev–Trinajstić information content (AvgIpc) is 3.46. The van der Waals surface area contributed by atoms with Gasteiger partial charge in [0, 0.05) is 17.0 Å². The van der Waals surface area contributed by atoms with E-state index in [1.807, 2.05) is 0 Å². The Morgan fingerprint density at radius 2 is 1.73 bits per heavy atom. The molecule has 2 aromatic carbocycles. The SMILES string of the molecule is O=C(Cc1csc(-c2ccc(C(F)(F)F)cc2)n1)Nc1ccccc1C(=O)NC1CCCC1. The van der Waals surface area contributed by atoms with Crippen LogP contribution in [0.2, 0.25) is 0 Å². The van der Waals surface area contributed by atoms with Gasteiger partial charge in [0.05, 0.1) is 28.9 Å². The van der Waals surface area contributed by atoms with E-state index in [0.717, 1.165) is 37.8 Å². The maximum Gasteiger partial charge on any atom is 0.416 e. The fraction of sp³-hybridized carbons (Fsp3) is 0.292. The van der Waals surface area contributed by atoms with Crippen molar-refractivity contribution in [3.63, 3.8) is 0 Å². The first-order valence-corrected chi connectivity index (χ1v) is 11.5. The topological polar surface area (TPSA) is 71.1 Å². The van der Waals surface area contributed by atoms with Crippen LogP contribution >= 0.6 is 11.3 Å². The predicted molar refractivity (Wildman–Crippen MR) is 121 cm³/mol. The number of aromatic nitrogens is 1. The highest BCUT2D eigenvalue weighted by atomic mass is 32.1. The number of benzene rings is 2. The molecule has 9 heteroatoms. The Balaban J connectivity index is 1.40. The summed E-state index contributed by atoms with van der Waals surface area (Å²) in [5, 5.41) is 8.03. The maximum absolute atomic E-state index is 12.7. The van der Waals surface area contributed by atoms with Gasteiger partial charge in [-0.3, -0.25) is 9.59 Å². The van der Waals surface area contributed by atoms with Crippen LogP contribution in [-0.2, 0) is 17.4 Å². The van der Waals surface area contributed by atoms with Gasteiger partial charge in [0.25, 0.3) is 5.91 Å². The molecule has 1 aliphatic carbocycles. The molecular formula is C24H22F3N3O2S. The number of nitrogens with zero attached hydrogens (tertiary/aromatic N) is 1. The molecule has 1 aromatic heterocycles. The summed E-state index contributed by atoms with van der Waals surface area (Å²) >= 11 is 1.25. The Hall–Kier alpha value is -3.20. The molecule has 1 saturated carbocycles. The van der Waals surface area contributed by atoms with Gasteiger partial charge in [0.2, 0.25) is 5.91 Å². The Kier molecular flexibility index (Phi) is 6.78. The zero-order valence-corrected chi connectivity index (χ0v) is 18.4. The van der Waals surface area contributed by atoms with Crippen molar-refractivity contribution in [1.29, 1.82) is 0 Å². The summed E-state index contributed by atoms with van der Waals surface area (Å²) in [6.45, 7) is 0. The number of amides is 2. The van der Waals surface area contributed by atoms with E-state index < -0.39 is 11.7 Å². The third-order valence-corrected chi connectivity index (χ3v) is 6.43. The maximum atomic E-state index is 12.7. The van der Waals surface area contributed by atoms with Gasteiger partial charge in [-0.05, 0) is 37.1 Å². The second-order valence-electron chi connectivity index (χ2n) is 7.94. The van der Waals surface area contributed by atoms with Gasteiger partial charge in [-0.2, -0.15) is 13.2 Å². The summed E-state index contributed by atoms with van der Waals surface area (Å²) in [4.78, 5) is 29.6. The van der Waals surface area contributed by atoms with Crippen LogP contribution in [0.15, 0.2) is 53.9 Å². The first-order chi connectivity index (χ1) is 15.8. The molecule has 0 saturated heterocycles. The minimum Gasteiger partial charge on any atom is -0.349 e. The van der Waals surface area contributed by atoms with Gasteiger partial charge in [0.1, 0.15) is 5.01 Å². The van der Waals surface area contributed by atoms with Crippen molar-refractivity contribution < 1.29 is 22.8 Å². The highest BCUT2D eigenvalue weighted by Gasteiger charge is 2.30. The van der Waals surface area contributed by atoms with Gasteiger partial charge in [-0.25, -0.2) is 4.98 Å². The number of nitrogens with one attached hydrogen (secondary N) is 2. The van der Waals surface area contributed by atoms with E-state index in [1.54, 1.807) is 29.6 Å². The van der Waals surface area contributed by atoms with E-state index in [4.69, 9.17) is 0 Å². The summed E-state index contributed by atoms with van der Waals surface area (Å²) < 4.78 is 38.2. The standard InChI is InChI=1S/C24H22F3N3O2S/c25-24(26,27)16-11-9-15(10-12-16)23-29-18(14-33-23)13-21(31)30-20-8-4-3-7-19(20)22(32)28-17-5-1-2-6-17/h3-4,7-12,14,17H,1-2,5-6,13H2,(H,28,32)(H,30,31). The fourth-order valence-electron chi connectivity index (χ4n) is 3.80. The molecule has 0 radical (unpaired) electrons. The van der Waals surface area contributed by atoms with Crippen LogP contribution < -0.4 is 10.6 Å². The molecule has 172 valence electrons. The molecule has 2 N–H and O–H groups in total. The Labute approximate surface area is 193 Å². The lowest BCUT2D eigenvalue weighted by molar-refractivity contribution is -0.137. The van der Waals surface area contributed by atoms with E-state index in [0.29, 0.717) is 27.5 Å². The van der Waals surface area contributed by atoms with Crippen LogP contribution in [-0.4, -0.2) is 22.8 Å². The fourth-order valence-corrected chi connectivity index (χ4v) is 4.63. The molecule has 4 rings (SSSR count). The number of para-hydroxylation sites is 1. The molecule has 5 nitrogen and oxygen atoms in total. The van der Waals surface area contributed by atoms with Gasteiger partial charge < -0.3 is 10.6 Å². The van der Waals surface area contributed by atoms with Gasteiger partial charge in [0.15, 0.2) is 0 Å². The second kappa shape index (κ2) is 9.74. The van der Waals surface area contributed by atoms with Crippen LogP contribution in [0.4, 0.5) is 18.9 Å². The molecule has 1 heterocycles. The molecule has 0 bridgehead atoms. The van der Waals surface area contributed by atoms with Crippen LogP contribution in [0, 0.1) is 0 Å². The van der Waals surface area contributed by atoms with Crippen molar-refractivity contribution in [3.05, 3.63) is 70.7 Å². The molecular weight excluding hydrogens is 451 g/mol. The Morgan fingerprint density at radius 1 is 1.03 bits per heavy atom. The number of rotatable bonds is 6. The molecule has 3 aromatic rings. The van der Waals surface area contributed by atoms with Gasteiger partial charge in [-0.15, -0.1) is 11.3 Å². The largest absolute Gasteiger partial charge is 0.416 e. The van der Waals surface area contributed by atoms with Crippen LogP contribution in [0.25, 0.3) is 10.6 Å². The summed E-state index contributed by atoms with van der Waals surface area (Å²) in [6, 6.07) is 11.8. The van der Waals surface area contributed by atoms with Crippen molar-refractivity contribution in [2.45, 2.75) is 44.3 Å². The molecule has 0 unspecified atom stereocenters. The van der Waals surface area contributed by atoms with Crippen molar-refractivity contribution in [1.82, 2.24) is 10.3 Å². The smallest absolute Gasteiger partial charge is 0.349 e. The van der Waals surface area contributed by atoms with Gasteiger partial charge >= 0.3 is 6.18 Å². The number of thiazole rings is 1. The molecule has 0 atom stereocenters. The highest BCUT2D eigenvalue weighted by Crippen LogP contribution is 2.32. The third-order valence-electron chi connectivity index (χ3n) is 5.49. The van der Waals surface area contributed by atoms with Crippen molar-refractivity contribution in [2.75, 3.05) is 5.32 Å². The molecule has 0 aliphatic heterocycles. The minimum atomic E-state index is -4.39. The van der Waals surface area contributed by atoms with Crippen molar-refractivity contribution in [2.24, 2.45) is 0 Å². The first-order valence-electron chi connectivity index (χ1n) is 10.6. The van der Waals surface area contributed by atoms with E-state index in [2.05, 4.69) is 15.6 Å². The first kappa shape index (κ1) is 23.0. The normalized spacial score (nSPS) is 14.3. The van der Waals surface area contributed by atoms with E-state index in [-0.39, 0.29) is 24.3 Å². The van der Waals surface area contributed by atoms with Crippen molar-refractivity contribution >= 4 is 28.8 Å². The third kappa shape index (κ3) is 5.78. The van der Waals surface area contributed by atoms with Crippen LogP contribution in [0.1, 0.15) is 47.3 Å². The quantitative estimate of drug-likeness (QED) is 0.484. The summed E-state index contributed by atoms with van der Waals surface area (Å²) in [5.41, 5.74) is 1.16. The number of anilines is 1. The molecule has 1 aliphatic rings. The molecule has 1 fully saturated rings. The molecule has 33 heavy (non-hydrogen) atoms. The van der Waals surface area contributed by atoms with Gasteiger partial charge in [-0.1, -0.05) is 37.1 Å².